The predicted molar refractivity (Wildman–Crippen MR) is 97.7 cm³/mol. The van der Waals surface area contributed by atoms with E-state index < -0.39 is 5.63 Å². The van der Waals surface area contributed by atoms with Gasteiger partial charge in [-0.2, -0.15) is 0 Å². The zero-order valence-corrected chi connectivity index (χ0v) is 14.4. The van der Waals surface area contributed by atoms with Gasteiger partial charge in [0.2, 0.25) is 0 Å². The predicted octanol–water partition coefficient (Wildman–Crippen LogP) is 2.54. The molecule has 0 saturated carbocycles. The first-order valence-electron chi connectivity index (χ1n) is 8.20. The van der Waals surface area contributed by atoms with Crippen LogP contribution in [0.25, 0.3) is 11.0 Å². The van der Waals surface area contributed by atoms with Gasteiger partial charge in [-0.05, 0) is 42.3 Å². The Bertz CT molecular complexity index is 946. The molecule has 0 fully saturated rings. The van der Waals surface area contributed by atoms with Crippen molar-refractivity contribution in [2.24, 2.45) is 0 Å². The van der Waals surface area contributed by atoms with Crippen LogP contribution in [-0.4, -0.2) is 26.2 Å². The van der Waals surface area contributed by atoms with Crippen molar-refractivity contribution in [3.8, 4) is 11.5 Å². The summed E-state index contributed by atoms with van der Waals surface area (Å²) in [6, 6.07) is 15.8. The van der Waals surface area contributed by atoms with Crippen molar-refractivity contribution < 1.29 is 18.7 Å². The number of nitrogens with one attached hydrogen (secondary N) is 1. The van der Waals surface area contributed by atoms with E-state index in [0.717, 1.165) is 23.1 Å². The number of amides is 1. The lowest BCUT2D eigenvalue weighted by Gasteiger charge is -2.08. The molecule has 6 nitrogen and oxygen atoms in total. The lowest BCUT2D eigenvalue weighted by Crippen LogP contribution is -2.30. The lowest BCUT2D eigenvalue weighted by atomic mass is 10.1. The van der Waals surface area contributed by atoms with Crippen molar-refractivity contribution >= 4 is 16.9 Å². The largest absolute Gasteiger partial charge is 0.497 e. The Labute approximate surface area is 150 Å². The summed E-state index contributed by atoms with van der Waals surface area (Å²) in [6.45, 7) is 0.409. The SMILES string of the molecule is COc1ccc(CCNC(=O)COc2ccc3ccc(=O)oc3c2)cc1. The summed E-state index contributed by atoms with van der Waals surface area (Å²) >= 11 is 0. The van der Waals surface area contributed by atoms with Gasteiger partial charge in [-0.25, -0.2) is 4.79 Å². The van der Waals surface area contributed by atoms with Crippen LogP contribution in [0.1, 0.15) is 5.56 Å². The Morgan fingerprint density at radius 1 is 1.04 bits per heavy atom. The minimum absolute atomic E-state index is 0.106. The van der Waals surface area contributed by atoms with Crippen LogP contribution in [0, 0.1) is 0 Å². The molecule has 134 valence electrons. The molecular formula is C20H19NO5. The number of hydrogen-bond acceptors (Lipinski definition) is 5. The van der Waals surface area contributed by atoms with Gasteiger partial charge >= 0.3 is 5.63 Å². The summed E-state index contributed by atoms with van der Waals surface area (Å²) in [5.41, 5.74) is 1.11. The first kappa shape index (κ1) is 17.5. The first-order valence-corrected chi connectivity index (χ1v) is 8.20. The zero-order chi connectivity index (χ0) is 18.4. The van der Waals surface area contributed by atoms with Crippen molar-refractivity contribution in [1.29, 1.82) is 0 Å². The number of hydrogen-bond donors (Lipinski definition) is 1. The van der Waals surface area contributed by atoms with Gasteiger partial charge in [-0.1, -0.05) is 12.1 Å². The van der Waals surface area contributed by atoms with Crippen molar-refractivity contribution in [2.75, 3.05) is 20.3 Å². The third-order valence-electron chi connectivity index (χ3n) is 3.86. The average molecular weight is 353 g/mol. The minimum atomic E-state index is -0.425. The molecule has 0 bridgehead atoms. The molecule has 6 heteroatoms. The molecule has 26 heavy (non-hydrogen) atoms. The van der Waals surface area contributed by atoms with Crippen LogP contribution < -0.4 is 20.4 Å². The van der Waals surface area contributed by atoms with Crippen molar-refractivity contribution in [3.63, 3.8) is 0 Å². The number of carbonyl (C=O) groups is 1. The average Bonchev–Trinajstić information content (AvgIpc) is 2.66. The fourth-order valence-corrected chi connectivity index (χ4v) is 2.47. The van der Waals surface area contributed by atoms with Crippen LogP contribution >= 0.6 is 0 Å². The van der Waals surface area contributed by atoms with E-state index in [1.807, 2.05) is 24.3 Å². The Morgan fingerprint density at radius 2 is 1.77 bits per heavy atom. The van der Waals surface area contributed by atoms with Crippen LogP contribution in [0.3, 0.4) is 0 Å². The highest BCUT2D eigenvalue weighted by Crippen LogP contribution is 2.19. The molecule has 0 spiro atoms. The maximum absolute atomic E-state index is 11.9. The number of methoxy groups -OCH3 is 1. The van der Waals surface area contributed by atoms with E-state index in [4.69, 9.17) is 13.9 Å². The van der Waals surface area contributed by atoms with E-state index in [1.165, 1.54) is 6.07 Å². The third kappa shape index (κ3) is 4.63. The fourth-order valence-electron chi connectivity index (χ4n) is 2.47. The first-order chi connectivity index (χ1) is 12.6. The maximum atomic E-state index is 11.9. The molecule has 3 aromatic rings. The molecule has 0 saturated heterocycles. The molecule has 1 heterocycles. The number of benzene rings is 2. The Morgan fingerprint density at radius 3 is 2.54 bits per heavy atom. The summed E-state index contributed by atoms with van der Waals surface area (Å²) in [4.78, 5) is 23.1. The highest BCUT2D eigenvalue weighted by Gasteiger charge is 2.05. The molecule has 1 amide bonds. The van der Waals surface area contributed by atoms with E-state index in [9.17, 15) is 9.59 Å². The van der Waals surface area contributed by atoms with Gasteiger partial charge in [0, 0.05) is 24.1 Å². The second-order valence-corrected chi connectivity index (χ2v) is 5.69. The molecule has 0 unspecified atom stereocenters. The summed E-state index contributed by atoms with van der Waals surface area (Å²) < 4.78 is 15.7. The number of ether oxygens (including phenoxy) is 2. The second-order valence-electron chi connectivity index (χ2n) is 5.69. The molecule has 0 aliphatic heterocycles. The van der Waals surface area contributed by atoms with Crippen LogP contribution in [0.4, 0.5) is 0 Å². The summed E-state index contributed by atoms with van der Waals surface area (Å²) in [6.07, 6.45) is 0.719. The fraction of sp³-hybridized carbons (Fsp3) is 0.200. The second kappa shape index (κ2) is 8.20. The van der Waals surface area contributed by atoms with Gasteiger partial charge < -0.3 is 19.2 Å². The molecule has 1 aromatic heterocycles. The van der Waals surface area contributed by atoms with E-state index in [2.05, 4.69) is 5.32 Å². The molecule has 0 aliphatic rings. The van der Waals surface area contributed by atoms with Gasteiger partial charge in [0.05, 0.1) is 7.11 Å². The van der Waals surface area contributed by atoms with E-state index in [0.29, 0.717) is 17.9 Å². The van der Waals surface area contributed by atoms with E-state index in [-0.39, 0.29) is 12.5 Å². The van der Waals surface area contributed by atoms with Crippen LogP contribution in [0.15, 0.2) is 63.8 Å². The summed E-state index contributed by atoms with van der Waals surface area (Å²) in [7, 11) is 1.62. The molecule has 2 aromatic carbocycles. The number of carbonyl (C=O) groups excluding carboxylic acids is 1. The molecule has 1 N–H and O–H groups in total. The third-order valence-corrected chi connectivity index (χ3v) is 3.86. The summed E-state index contributed by atoms with van der Waals surface area (Å²) in [5.74, 6) is 1.06. The normalized spacial score (nSPS) is 10.5. The van der Waals surface area contributed by atoms with Gasteiger partial charge in [0.15, 0.2) is 6.61 Å². The van der Waals surface area contributed by atoms with E-state index in [1.54, 1.807) is 31.4 Å². The maximum Gasteiger partial charge on any atom is 0.336 e. The van der Waals surface area contributed by atoms with Crippen molar-refractivity contribution in [2.45, 2.75) is 6.42 Å². The van der Waals surface area contributed by atoms with Gasteiger partial charge in [0.25, 0.3) is 5.91 Å². The minimum Gasteiger partial charge on any atom is -0.497 e. The van der Waals surface area contributed by atoms with Crippen LogP contribution in [0.2, 0.25) is 0 Å². The Kier molecular flexibility index (Phi) is 5.53. The highest BCUT2D eigenvalue weighted by atomic mass is 16.5. The molecule has 3 rings (SSSR count). The number of fused-ring (bicyclic) bond motifs is 1. The van der Waals surface area contributed by atoms with Crippen molar-refractivity contribution in [1.82, 2.24) is 5.32 Å². The number of rotatable bonds is 7. The van der Waals surface area contributed by atoms with E-state index >= 15 is 0 Å². The van der Waals surface area contributed by atoms with Crippen LogP contribution in [0.5, 0.6) is 11.5 Å². The molecule has 0 radical (unpaired) electrons. The smallest absolute Gasteiger partial charge is 0.336 e. The topological polar surface area (TPSA) is 77.8 Å². The van der Waals surface area contributed by atoms with Crippen molar-refractivity contribution in [3.05, 3.63) is 70.6 Å². The quantitative estimate of drug-likeness (QED) is 0.661. The Hall–Kier alpha value is -3.28. The van der Waals surface area contributed by atoms with Crippen LogP contribution in [-0.2, 0) is 11.2 Å². The van der Waals surface area contributed by atoms with Gasteiger partial charge in [-0.3, -0.25) is 4.79 Å². The Balaban J connectivity index is 1.47. The highest BCUT2D eigenvalue weighted by molar-refractivity contribution is 5.79. The zero-order valence-electron chi connectivity index (χ0n) is 14.4. The monoisotopic (exact) mass is 353 g/mol. The lowest BCUT2D eigenvalue weighted by molar-refractivity contribution is -0.123. The molecule has 0 aliphatic carbocycles. The molecule has 0 atom stereocenters. The summed E-state index contributed by atoms with van der Waals surface area (Å²) in [5, 5.41) is 3.60. The molecular weight excluding hydrogens is 334 g/mol. The standard InChI is InChI=1S/C20H19NO5/c1-24-16-6-2-14(3-7-16)10-11-21-19(22)13-25-17-8-4-15-5-9-20(23)26-18(15)12-17/h2-9,12H,10-11,13H2,1H3,(H,21,22). The van der Waals surface area contributed by atoms with Gasteiger partial charge in [-0.15, -0.1) is 0 Å². The van der Waals surface area contributed by atoms with Gasteiger partial charge in [0.1, 0.15) is 17.1 Å².